The molecule has 7 rings (SSSR count). The van der Waals surface area contributed by atoms with Gasteiger partial charge in [-0.15, -0.1) is 0 Å². The summed E-state index contributed by atoms with van der Waals surface area (Å²) in [5.74, 6) is -1.45. The fraction of sp³-hybridized carbons (Fsp3) is 0.268. The van der Waals surface area contributed by atoms with Crippen LogP contribution in [0.15, 0.2) is 157 Å². The van der Waals surface area contributed by atoms with Gasteiger partial charge >= 0.3 is 7.60 Å². The number of ether oxygens (including phenoxy) is 4. The van der Waals surface area contributed by atoms with Crippen LogP contribution >= 0.6 is 19.4 Å². The lowest BCUT2D eigenvalue weighted by molar-refractivity contribution is -0.380. The Hall–Kier alpha value is -3.72. The first-order valence-corrected chi connectivity index (χ1v) is 19.7. The lowest BCUT2D eigenvalue weighted by Crippen LogP contribution is -2.63. The molecule has 7 nitrogen and oxygen atoms in total. The topological polar surface area (TPSA) is 72.5 Å². The van der Waals surface area contributed by atoms with Crippen LogP contribution < -0.4 is 4.52 Å². The smallest absolute Gasteiger partial charge is 0.376 e. The molecule has 9 heteroatoms. The Balaban J connectivity index is 1.24. The zero-order valence-electron chi connectivity index (χ0n) is 27.9. The molecule has 2 fully saturated rings. The zero-order chi connectivity index (χ0) is 34.2. The van der Waals surface area contributed by atoms with Crippen molar-refractivity contribution < 1.29 is 32.6 Å². The minimum atomic E-state index is -3.57. The highest BCUT2D eigenvalue weighted by Gasteiger charge is 2.73. The van der Waals surface area contributed by atoms with E-state index in [1.807, 2.05) is 115 Å². The maximum atomic E-state index is 13.8. The second-order valence-electron chi connectivity index (χ2n) is 12.5. The highest BCUT2D eigenvalue weighted by Crippen LogP contribution is 2.62. The minimum Gasteiger partial charge on any atom is -0.425 e. The van der Waals surface area contributed by atoms with E-state index in [9.17, 15) is 4.57 Å². The minimum absolute atomic E-state index is 0.000716. The summed E-state index contributed by atoms with van der Waals surface area (Å²) < 4.78 is 53.4. The highest BCUT2D eigenvalue weighted by molar-refractivity contribution is 7.99. The summed E-state index contributed by atoms with van der Waals surface area (Å²) in [5.41, 5.74) is 2.78. The van der Waals surface area contributed by atoms with Crippen LogP contribution in [0.5, 0.6) is 5.75 Å². The first-order valence-electron chi connectivity index (χ1n) is 16.8. The number of para-hydroxylation sites is 1. The molecule has 0 amide bonds. The number of hydrogen-bond donors (Lipinski definition) is 0. The van der Waals surface area contributed by atoms with Crippen LogP contribution in [0.1, 0.15) is 16.7 Å². The van der Waals surface area contributed by atoms with Gasteiger partial charge in [-0.1, -0.05) is 139 Å². The fourth-order valence-corrected chi connectivity index (χ4v) is 8.90. The van der Waals surface area contributed by atoms with Crippen molar-refractivity contribution in [3.05, 3.63) is 168 Å². The SMILES string of the molecule is CP(=O)(OCC1[C@@H](OCc2ccccc2)C(OCc2ccccc2)C2[C@@H](Sc3ccccc3)OC12OCc1ccccc1)Oc1ccccc1. The standard InChI is InChI=1S/C41H41O7PS/c1-49(42,48-34-23-13-5-14-24-34)46-30-36-38(43-27-31-17-7-2-8-18-31)39(44-28-32-19-9-3-10-20-32)37-40(50-35-25-15-6-16-26-35)47-41(36,37)45-29-33-21-11-4-12-22-33/h2-26,36-40H,27-30H2,1H3/t36?,37?,38-,39?,40-,41?,49?/m1/s1. The van der Waals surface area contributed by atoms with Crippen molar-refractivity contribution in [1.82, 2.24) is 0 Å². The third-order valence-electron chi connectivity index (χ3n) is 9.03. The molecule has 1 saturated heterocycles. The Morgan fingerprint density at radius 1 is 0.640 bits per heavy atom. The van der Waals surface area contributed by atoms with Gasteiger partial charge < -0.3 is 23.5 Å². The van der Waals surface area contributed by atoms with Crippen molar-refractivity contribution in [1.29, 1.82) is 0 Å². The normalized spacial score (nSPS) is 25.3. The summed E-state index contributed by atoms with van der Waals surface area (Å²) in [4.78, 5) is 1.08. The van der Waals surface area contributed by atoms with E-state index in [-0.39, 0.29) is 18.0 Å². The molecular formula is C41H41O7PS. The van der Waals surface area contributed by atoms with E-state index < -0.39 is 31.5 Å². The number of rotatable bonds is 16. The van der Waals surface area contributed by atoms with Crippen LogP contribution in [0.2, 0.25) is 0 Å². The molecule has 0 bridgehead atoms. The Kier molecular flexibility index (Phi) is 11.2. The van der Waals surface area contributed by atoms with Crippen LogP contribution in [0, 0.1) is 11.8 Å². The molecule has 5 aromatic carbocycles. The van der Waals surface area contributed by atoms with Gasteiger partial charge in [-0.05, 0) is 41.0 Å². The summed E-state index contributed by atoms with van der Waals surface area (Å²) >= 11 is 1.64. The largest absolute Gasteiger partial charge is 0.425 e. The molecule has 0 radical (unpaired) electrons. The summed E-state index contributed by atoms with van der Waals surface area (Å²) in [7, 11) is -3.57. The summed E-state index contributed by atoms with van der Waals surface area (Å²) in [6, 6.07) is 49.4. The monoisotopic (exact) mass is 708 g/mol. The van der Waals surface area contributed by atoms with E-state index in [0.29, 0.717) is 25.6 Å². The molecule has 5 aromatic rings. The Morgan fingerprint density at radius 2 is 1.12 bits per heavy atom. The third kappa shape index (κ3) is 8.25. The van der Waals surface area contributed by atoms with Gasteiger partial charge in [0, 0.05) is 11.6 Å². The average Bonchev–Trinajstić information content (AvgIpc) is 3.35. The van der Waals surface area contributed by atoms with Gasteiger partial charge in [0.05, 0.1) is 50.5 Å². The molecule has 1 heterocycles. The molecule has 0 spiro atoms. The van der Waals surface area contributed by atoms with Crippen LogP contribution in [0.25, 0.3) is 0 Å². The van der Waals surface area contributed by atoms with E-state index in [2.05, 4.69) is 24.3 Å². The zero-order valence-corrected chi connectivity index (χ0v) is 29.6. The lowest BCUT2D eigenvalue weighted by atomic mass is 9.90. The third-order valence-corrected chi connectivity index (χ3v) is 11.4. The Labute approximate surface area is 298 Å². The summed E-state index contributed by atoms with van der Waals surface area (Å²) in [5, 5.41) is 0. The second-order valence-corrected chi connectivity index (χ2v) is 15.7. The van der Waals surface area contributed by atoms with Gasteiger partial charge in [-0.3, -0.25) is 4.52 Å². The van der Waals surface area contributed by atoms with E-state index in [0.717, 1.165) is 21.6 Å². The lowest BCUT2D eigenvalue weighted by Gasteiger charge is -2.53. The van der Waals surface area contributed by atoms with Gasteiger partial charge in [0.25, 0.3) is 0 Å². The number of fused-ring (bicyclic) bond motifs is 1. The van der Waals surface area contributed by atoms with E-state index in [4.69, 9.17) is 28.0 Å². The molecule has 50 heavy (non-hydrogen) atoms. The van der Waals surface area contributed by atoms with Crippen molar-refractivity contribution >= 4 is 19.4 Å². The quantitative estimate of drug-likeness (QED) is 0.0940. The highest BCUT2D eigenvalue weighted by atomic mass is 32.2. The Bertz CT molecular complexity index is 1820. The maximum absolute atomic E-state index is 13.8. The molecular weight excluding hydrogens is 667 g/mol. The first-order chi connectivity index (χ1) is 24.5. The van der Waals surface area contributed by atoms with Crippen LogP contribution in [-0.2, 0) is 47.9 Å². The molecule has 5 unspecified atom stereocenters. The van der Waals surface area contributed by atoms with E-state index in [1.54, 1.807) is 23.9 Å². The number of benzene rings is 5. The number of thioether (sulfide) groups is 1. The molecule has 7 atom stereocenters. The summed E-state index contributed by atoms with van der Waals surface area (Å²) in [6.07, 6.45) is -0.970. The summed E-state index contributed by atoms with van der Waals surface area (Å²) in [6.45, 7) is 2.51. The predicted molar refractivity (Wildman–Crippen MR) is 195 cm³/mol. The maximum Gasteiger partial charge on any atom is 0.376 e. The van der Waals surface area contributed by atoms with Crippen molar-refractivity contribution in [2.45, 2.75) is 48.1 Å². The second kappa shape index (κ2) is 16.1. The van der Waals surface area contributed by atoms with Crippen LogP contribution in [-0.4, -0.2) is 36.7 Å². The van der Waals surface area contributed by atoms with Gasteiger partial charge in [0.15, 0.2) is 5.79 Å². The first kappa shape index (κ1) is 34.7. The van der Waals surface area contributed by atoms with Crippen molar-refractivity contribution in [3.63, 3.8) is 0 Å². The molecule has 258 valence electrons. The molecule has 0 N–H and O–H groups in total. The van der Waals surface area contributed by atoms with Gasteiger partial charge in [0.1, 0.15) is 11.2 Å². The van der Waals surface area contributed by atoms with Gasteiger partial charge in [-0.25, -0.2) is 4.57 Å². The van der Waals surface area contributed by atoms with Crippen molar-refractivity contribution in [3.8, 4) is 5.75 Å². The van der Waals surface area contributed by atoms with E-state index in [1.165, 1.54) is 6.66 Å². The van der Waals surface area contributed by atoms with Crippen LogP contribution in [0.3, 0.4) is 0 Å². The Morgan fingerprint density at radius 3 is 1.68 bits per heavy atom. The van der Waals surface area contributed by atoms with E-state index >= 15 is 0 Å². The average molecular weight is 709 g/mol. The van der Waals surface area contributed by atoms with Gasteiger partial charge in [-0.2, -0.15) is 0 Å². The molecule has 1 saturated carbocycles. The van der Waals surface area contributed by atoms with Crippen molar-refractivity contribution in [2.24, 2.45) is 11.8 Å². The molecule has 2 aliphatic rings. The fourth-order valence-electron chi connectivity index (χ4n) is 6.64. The van der Waals surface area contributed by atoms with Crippen LogP contribution in [0.4, 0.5) is 0 Å². The predicted octanol–water partition coefficient (Wildman–Crippen LogP) is 9.38. The molecule has 1 aliphatic carbocycles. The number of hydrogen-bond acceptors (Lipinski definition) is 8. The molecule has 1 aliphatic heterocycles. The van der Waals surface area contributed by atoms with Crippen molar-refractivity contribution in [2.75, 3.05) is 13.3 Å². The van der Waals surface area contributed by atoms with Gasteiger partial charge in [0.2, 0.25) is 0 Å². The molecule has 0 aromatic heterocycles.